The average molecular weight is 715 g/mol. The molecule has 0 spiro atoms. The van der Waals surface area contributed by atoms with E-state index in [2.05, 4.69) is 191 Å². The fourth-order valence-electron chi connectivity index (χ4n) is 9.06. The third-order valence-corrected chi connectivity index (χ3v) is 11.7. The molecule has 7 aromatic carbocycles. The summed E-state index contributed by atoms with van der Waals surface area (Å²) in [5.74, 6) is 2.73. The SMILES string of the molecule is C#C/C=C(C)\C=C(\C)CB(c1c(C)cc(C)cc1C)c1cc(-c2cccc(C(C)(C)C)c2)c2ccc3ccc(-c4cccc(C(C)(C)C)c4)c4ccc1c2c34. The molecule has 55 heavy (non-hydrogen) atoms. The summed E-state index contributed by atoms with van der Waals surface area (Å²) < 4.78 is 0. The molecule has 0 radical (unpaired) electrons. The van der Waals surface area contributed by atoms with E-state index in [0.29, 0.717) is 0 Å². The van der Waals surface area contributed by atoms with Gasteiger partial charge in [0.05, 0.1) is 0 Å². The molecular formula is C54H55B. The van der Waals surface area contributed by atoms with Gasteiger partial charge in [-0.3, -0.25) is 0 Å². The van der Waals surface area contributed by atoms with Crippen LogP contribution in [0, 0.1) is 33.1 Å². The largest absolute Gasteiger partial charge is 0.214 e. The van der Waals surface area contributed by atoms with Crippen molar-refractivity contribution in [2.24, 2.45) is 0 Å². The molecule has 0 aliphatic rings. The fourth-order valence-corrected chi connectivity index (χ4v) is 9.06. The van der Waals surface area contributed by atoms with Crippen LogP contribution in [0.15, 0.2) is 126 Å². The first-order valence-corrected chi connectivity index (χ1v) is 19.9. The molecule has 274 valence electrons. The third-order valence-electron chi connectivity index (χ3n) is 11.7. The Morgan fingerprint density at radius 2 is 1.18 bits per heavy atom. The summed E-state index contributed by atoms with van der Waals surface area (Å²) in [6.07, 6.45) is 10.7. The molecule has 0 nitrogen and oxygen atoms in total. The Kier molecular flexibility index (Phi) is 9.94. The van der Waals surface area contributed by atoms with E-state index >= 15 is 0 Å². The first kappa shape index (κ1) is 38.0. The van der Waals surface area contributed by atoms with Gasteiger partial charge in [0.15, 0.2) is 0 Å². The maximum Gasteiger partial charge on any atom is 0.214 e. The summed E-state index contributed by atoms with van der Waals surface area (Å²) in [6, 6.07) is 39.9. The molecule has 0 N–H and O–H groups in total. The minimum absolute atomic E-state index is 0.0312. The molecule has 0 atom stereocenters. The topological polar surface area (TPSA) is 0 Å². The highest BCUT2D eigenvalue weighted by atomic mass is 14.2. The fraction of sp³-hybridized carbons (Fsp3) is 0.259. The predicted molar refractivity (Wildman–Crippen MR) is 245 cm³/mol. The van der Waals surface area contributed by atoms with Crippen molar-refractivity contribution in [1.82, 2.24) is 0 Å². The van der Waals surface area contributed by atoms with Crippen LogP contribution in [0.5, 0.6) is 0 Å². The van der Waals surface area contributed by atoms with Crippen molar-refractivity contribution in [3.63, 3.8) is 0 Å². The van der Waals surface area contributed by atoms with Crippen LogP contribution in [0.1, 0.15) is 83.2 Å². The van der Waals surface area contributed by atoms with Gasteiger partial charge >= 0.3 is 0 Å². The van der Waals surface area contributed by atoms with Crippen molar-refractivity contribution in [1.29, 1.82) is 0 Å². The number of hydrogen-bond donors (Lipinski definition) is 0. The Hall–Kier alpha value is -5.32. The van der Waals surface area contributed by atoms with Gasteiger partial charge in [-0.1, -0.05) is 190 Å². The minimum Gasteiger partial charge on any atom is -0.115 e. The van der Waals surface area contributed by atoms with E-state index < -0.39 is 0 Å². The molecular weight excluding hydrogens is 659 g/mol. The van der Waals surface area contributed by atoms with E-state index in [1.807, 2.05) is 6.08 Å². The van der Waals surface area contributed by atoms with E-state index in [1.165, 1.54) is 98.9 Å². The molecule has 0 saturated carbocycles. The van der Waals surface area contributed by atoms with Crippen LogP contribution in [0.25, 0.3) is 54.6 Å². The lowest BCUT2D eigenvalue weighted by Crippen LogP contribution is -2.45. The second-order valence-corrected chi connectivity index (χ2v) is 18.1. The molecule has 0 aromatic heterocycles. The van der Waals surface area contributed by atoms with E-state index in [4.69, 9.17) is 6.42 Å². The number of aryl methyl sites for hydroxylation is 3. The molecule has 0 aliphatic carbocycles. The first-order valence-electron chi connectivity index (χ1n) is 19.9. The second kappa shape index (κ2) is 14.4. The van der Waals surface area contributed by atoms with E-state index in [-0.39, 0.29) is 17.5 Å². The molecule has 7 aromatic rings. The summed E-state index contributed by atoms with van der Waals surface area (Å²) >= 11 is 0. The number of hydrogen-bond acceptors (Lipinski definition) is 0. The van der Waals surface area contributed by atoms with E-state index in [0.717, 1.165) is 11.9 Å². The highest BCUT2D eigenvalue weighted by Crippen LogP contribution is 2.43. The zero-order valence-electron chi connectivity index (χ0n) is 34.8. The Bertz CT molecular complexity index is 2670. The first-order chi connectivity index (χ1) is 26.0. The van der Waals surface area contributed by atoms with Gasteiger partial charge in [-0.05, 0) is 129 Å². The zero-order valence-corrected chi connectivity index (χ0v) is 34.8. The highest BCUT2D eigenvalue weighted by molar-refractivity contribution is 6.88. The maximum absolute atomic E-state index is 5.70. The summed E-state index contributed by atoms with van der Waals surface area (Å²) in [5, 5.41) is 7.92. The van der Waals surface area contributed by atoms with Crippen LogP contribution in [0.3, 0.4) is 0 Å². The van der Waals surface area contributed by atoms with Crippen LogP contribution in [-0.2, 0) is 10.8 Å². The van der Waals surface area contributed by atoms with Gasteiger partial charge < -0.3 is 0 Å². The number of terminal acetylenes is 1. The Labute approximate surface area is 330 Å². The zero-order chi connectivity index (χ0) is 39.4. The van der Waals surface area contributed by atoms with Crippen molar-refractivity contribution in [2.75, 3.05) is 0 Å². The number of allylic oxidation sites excluding steroid dienone is 4. The lowest BCUT2D eigenvalue weighted by molar-refractivity contribution is 0.590. The molecule has 0 heterocycles. The Morgan fingerprint density at radius 1 is 0.636 bits per heavy atom. The monoisotopic (exact) mass is 714 g/mol. The van der Waals surface area contributed by atoms with Crippen LogP contribution < -0.4 is 10.9 Å². The second-order valence-electron chi connectivity index (χ2n) is 18.1. The molecule has 0 unspecified atom stereocenters. The van der Waals surface area contributed by atoms with Crippen LogP contribution >= 0.6 is 0 Å². The van der Waals surface area contributed by atoms with Crippen molar-refractivity contribution in [2.45, 2.75) is 93.3 Å². The lowest BCUT2D eigenvalue weighted by Gasteiger charge is -2.26. The minimum atomic E-state index is 0.0312. The van der Waals surface area contributed by atoms with E-state index in [1.54, 1.807) is 0 Å². The Balaban J connectivity index is 1.61. The van der Waals surface area contributed by atoms with Crippen molar-refractivity contribution in [3.8, 4) is 34.6 Å². The smallest absolute Gasteiger partial charge is 0.115 e. The van der Waals surface area contributed by atoms with Crippen molar-refractivity contribution < 1.29 is 0 Å². The van der Waals surface area contributed by atoms with Crippen LogP contribution in [0.4, 0.5) is 0 Å². The molecule has 0 saturated heterocycles. The quantitative estimate of drug-likeness (QED) is 0.0667. The molecule has 0 fully saturated rings. The van der Waals surface area contributed by atoms with Gasteiger partial charge in [0.2, 0.25) is 6.71 Å². The summed E-state index contributed by atoms with van der Waals surface area (Å²) in [4.78, 5) is 0. The lowest BCUT2D eigenvalue weighted by atomic mass is 9.35. The average Bonchev–Trinajstić information content (AvgIpc) is 3.12. The van der Waals surface area contributed by atoms with Gasteiger partial charge in [0.25, 0.3) is 0 Å². The van der Waals surface area contributed by atoms with Gasteiger partial charge in [0, 0.05) is 0 Å². The normalized spacial score (nSPS) is 12.9. The molecule has 0 aliphatic heterocycles. The standard InChI is InChI=1S/C54H55B/c1-13-16-34(2)27-36(4)33-55(52-37(5)28-35(3)29-38(52)6)49-32-48(41-18-15-20-43(31-41)54(10,11)12)46-24-22-39-21-23-44(45-25-26-47(49)51(46)50(39)45)40-17-14-19-42(30-40)53(7,8)9/h1,14-32H,33H2,2-12H3/b34-16-,36-27-. The van der Waals surface area contributed by atoms with E-state index in [9.17, 15) is 0 Å². The summed E-state index contributed by atoms with van der Waals surface area (Å²) in [6.45, 7) is 25.1. The van der Waals surface area contributed by atoms with Gasteiger partial charge in [-0.25, -0.2) is 0 Å². The Morgan fingerprint density at radius 3 is 1.78 bits per heavy atom. The molecule has 1 heteroatoms. The molecule has 0 amide bonds. The number of rotatable bonds is 7. The third kappa shape index (κ3) is 7.29. The van der Waals surface area contributed by atoms with Crippen molar-refractivity contribution >= 4 is 50.0 Å². The maximum atomic E-state index is 5.70. The predicted octanol–water partition coefficient (Wildman–Crippen LogP) is 13.6. The summed E-state index contributed by atoms with van der Waals surface area (Å²) in [5.41, 5.74) is 17.1. The highest BCUT2D eigenvalue weighted by Gasteiger charge is 2.29. The summed E-state index contributed by atoms with van der Waals surface area (Å²) in [7, 11) is 0. The van der Waals surface area contributed by atoms with Crippen LogP contribution in [0.2, 0.25) is 6.32 Å². The van der Waals surface area contributed by atoms with Gasteiger partial charge in [-0.2, -0.15) is 0 Å². The van der Waals surface area contributed by atoms with Gasteiger partial charge in [0.1, 0.15) is 0 Å². The molecule has 0 bridgehead atoms. The van der Waals surface area contributed by atoms with Gasteiger partial charge in [-0.15, -0.1) is 6.42 Å². The van der Waals surface area contributed by atoms with Crippen LogP contribution in [-0.4, -0.2) is 6.71 Å². The number of benzene rings is 7. The molecule has 7 rings (SSSR count). The van der Waals surface area contributed by atoms with Crippen molar-refractivity contribution in [3.05, 3.63) is 154 Å².